The molecule has 0 saturated carbocycles. The van der Waals surface area contributed by atoms with E-state index in [1.54, 1.807) is 0 Å². The van der Waals surface area contributed by atoms with E-state index in [1.165, 1.54) is 32.3 Å². The first-order valence-corrected chi connectivity index (χ1v) is 18.4. The Balaban J connectivity index is 1.33. The Morgan fingerprint density at radius 3 is 0.826 bits per heavy atom. The first-order chi connectivity index (χ1) is 22.9. The number of hydrogen-bond acceptors (Lipinski definition) is 2. The highest BCUT2D eigenvalue weighted by atomic mass is 31.1. The van der Waals surface area contributed by atoms with Crippen LogP contribution in [0.4, 0.5) is 0 Å². The van der Waals surface area contributed by atoms with Crippen LogP contribution >= 0.6 is 15.8 Å². The molecule has 226 valence electrons. The van der Waals surface area contributed by atoms with Crippen molar-refractivity contribution in [2.45, 2.75) is 12.1 Å². The van der Waals surface area contributed by atoms with Crippen LogP contribution in [0.2, 0.25) is 0 Å². The van der Waals surface area contributed by atoms with E-state index in [2.05, 4.69) is 217 Å². The highest BCUT2D eigenvalue weighted by Gasteiger charge is 2.23. The van der Waals surface area contributed by atoms with Gasteiger partial charge in [0.15, 0.2) is 0 Å². The van der Waals surface area contributed by atoms with E-state index >= 15 is 0 Å². The molecule has 6 aromatic carbocycles. The van der Waals surface area contributed by atoms with Gasteiger partial charge in [-0.2, -0.15) is 0 Å². The molecular formula is C42H38N2P2. The molecule has 0 radical (unpaired) electrons. The molecule has 0 aromatic heterocycles. The number of hydrogen-bond donors (Lipinski definition) is 2. The summed E-state index contributed by atoms with van der Waals surface area (Å²) in [6.45, 7) is 0. The van der Waals surface area contributed by atoms with E-state index in [4.69, 9.17) is 0 Å². The number of nitrogens with one attached hydrogen (secondary N) is 2. The monoisotopic (exact) mass is 632 g/mol. The highest BCUT2D eigenvalue weighted by molar-refractivity contribution is 7.76. The van der Waals surface area contributed by atoms with Gasteiger partial charge in [0.25, 0.3) is 0 Å². The molecule has 0 spiro atoms. The van der Waals surface area contributed by atoms with Gasteiger partial charge in [0.2, 0.25) is 0 Å². The van der Waals surface area contributed by atoms with Gasteiger partial charge in [-0.1, -0.05) is 182 Å². The van der Waals surface area contributed by atoms with Crippen molar-refractivity contribution in [1.29, 1.82) is 0 Å². The van der Waals surface area contributed by atoms with Gasteiger partial charge < -0.3 is 10.6 Å². The van der Waals surface area contributed by atoms with Crippen molar-refractivity contribution in [1.82, 2.24) is 10.6 Å². The Bertz CT molecular complexity index is 1560. The summed E-state index contributed by atoms with van der Waals surface area (Å²) in [5.74, 6) is 4.69. The average Bonchev–Trinajstić information content (AvgIpc) is 3.14. The molecule has 0 aliphatic carbocycles. The van der Waals surface area contributed by atoms with Gasteiger partial charge in [0.1, 0.15) is 0 Å². The normalized spacial score (nSPS) is 12.8. The van der Waals surface area contributed by atoms with Gasteiger partial charge in [-0.05, 0) is 72.2 Å². The summed E-state index contributed by atoms with van der Waals surface area (Å²) in [4.78, 5) is 0. The molecule has 0 aliphatic rings. The van der Waals surface area contributed by atoms with Crippen LogP contribution in [0.15, 0.2) is 206 Å². The van der Waals surface area contributed by atoms with Gasteiger partial charge in [0, 0.05) is 0 Å². The zero-order chi connectivity index (χ0) is 31.2. The van der Waals surface area contributed by atoms with Crippen LogP contribution in [-0.2, 0) is 0 Å². The minimum atomic E-state index is -0.670. The van der Waals surface area contributed by atoms with Crippen molar-refractivity contribution >= 4 is 37.1 Å². The number of rotatable bonds is 13. The smallest absolute Gasteiger partial charge is 0.0752 e. The third-order valence-corrected chi connectivity index (χ3v) is 12.1. The van der Waals surface area contributed by atoms with Gasteiger partial charge in [0.05, 0.1) is 12.1 Å². The van der Waals surface area contributed by atoms with Gasteiger partial charge in [-0.15, -0.1) is 0 Å². The quantitative estimate of drug-likeness (QED) is 0.124. The molecule has 0 heterocycles. The average molecular weight is 633 g/mol. The fourth-order valence-electron chi connectivity index (χ4n) is 5.53. The Morgan fingerprint density at radius 2 is 0.565 bits per heavy atom. The second-order valence-electron chi connectivity index (χ2n) is 10.8. The third-order valence-electron chi connectivity index (χ3n) is 7.79. The molecule has 0 fully saturated rings. The molecular weight excluding hydrogens is 594 g/mol. The van der Waals surface area contributed by atoms with E-state index in [0.717, 1.165) is 0 Å². The van der Waals surface area contributed by atoms with Crippen LogP contribution in [0.3, 0.4) is 0 Å². The van der Waals surface area contributed by atoms with Crippen molar-refractivity contribution < 1.29 is 0 Å². The Labute approximate surface area is 276 Å². The summed E-state index contributed by atoms with van der Waals surface area (Å²) in [6, 6.07) is 64.7. The summed E-state index contributed by atoms with van der Waals surface area (Å²) in [5, 5.41) is 13.0. The minimum Gasteiger partial charge on any atom is -0.382 e. The maximum atomic E-state index is 3.85. The predicted molar refractivity (Wildman–Crippen MR) is 201 cm³/mol. The van der Waals surface area contributed by atoms with E-state index in [-0.39, 0.29) is 12.1 Å². The van der Waals surface area contributed by atoms with E-state index < -0.39 is 15.8 Å². The van der Waals surface area contributed by atoms with Crippen LogP contribution in [0.1, 0.15) is 23.2 Å². The first-order valence-electron chi connectivity index (χ1n) is 15.6. The summed E-state index contributed by atoms with van der Waals surface area (Å²) in [5.41, 5.74) is 2.44. The lowest BCUT2D eigenvalue weighted by Crippen LogP contribution is -2.31. The SMILES string of the molecule is C(=C/P(c1ccccc1)c1ccccc1)/N[C@@H](c1ccccc1)[C@@H](N/C=C\P(c1ccccc1)c1ccccc1)c1ccccc1. The standard InChI is InChI=1S/C42H38N2P2/c1-7-19-35(20-8-1)41(43-31-33-45(37-23-11-3-12-24-37)38-25-13-4-14-26-38)42(36-21-9-2-10-22-36)44-32-34-46(39-27-15-5-16-28-39)40-29-17-6-18-30-40/h1-34,41-44H/b33-31-,34-32-/t41-,42-/m0/s1. The van der Waals surface area contributed by atoms with Crippen LogP contribution in [-0.4, -0.2) is 0 Å². The largest absolute Gasteiger partial charge is 0.382 e. The van der Waals surface area contributed by atoms with Crippen LogP contribution < -0.4 is 31.9 Å². The van der Waals surface area contributed by atoms with Crippen molar-refractivity contribution in [3.05, 3.63) is 217 Å². The lowest BCUT2D eigenvalue weighted by molar-refractivity contribution is 0.459. The molecule has 6 rings (SSSR count). The van der Waals surface area contributed by atoms with Crippen LogP contribution in [0.25, 0.3) is 0 Å². The maximum absolute atomic E-state index is 3.85. The zero-order valence-corrected chi connectivity index (χ0v) is 27.5. The zero-order valence-electron chi connectivity index (χ0n) is 25.7. The molecule has 0 saturated heterocycles. The minimum absolute atomic E-state index is 0.0208. The van der Waals surface area contributed by atoms with Crippen molar-refractivity contribution in [3.8, 4) is 0 Å². The molecule has 0 bridgehead atoms. The second kappa shape index (κ2) is 16.5. The molecule has 2 N–H and O–H groups in total. The first kappa shape index (κ1) is 31.3. The molecule has 0 amide bonds. The Kier molecular flexibility index (Phi) is 11.2. The molecule has 6 aromatic rings. The van der Waals surface area contributed by atoms with Crippen LogP contribution in [0.5, 0.6) is 0 Å². The molecule has 2 nitrogen and oxygen atoms in total. The molecule has 0 unspecified atom stereocenters. The van der Waals surface area contributed by atoms with Gasteiger partial charge in [-0.25, -0.2) is 0 Å². The van der Waals surface area contributed by atoms with Gasteiger partial charge >= 0.3 is 0 Å². The molecule has 46 heavy (non-hydrogen) atoms. The lowest BCUT2D eigenvalue weighted by atomic mass is 9.93. The third kappa shape index (κ3) is 8.29. The van der Waals surface area contributed by atoms with Crippen molar-refractivity contribution in [3.63, 3.8) is 0 Å². The van der Waals surface area contributed by atoms with E-state index in [1.807, 2.05) is 0 Å². The van der Waals surface area contributed by atoms with E-state index in [9.17, 15) is 0 Å². The fourth-order valence-corrected chi connectivity index (χ4v) is 9.26. The Morgan fingerprint density at radius 1 is 0.326 bits per heavy atom. The second-order valence-corrected chi connectivity index (χ2v) is 15.0. The molecule has 4 heteroatoms. The molecule has 0 aliphatic heterocycles. The van der Waals surface area contributed by atoms with Crippen molar-refractivity contribution in [2.24, 2.45) is 0 Å². The van der Waals surface area contributed by atoms with E-state index in [0.29, 0.717) is 0 Å². The summed E-state index contributed by atoms with van der Waals surface area (Å²) < 4.78 is 0. The summed E-state index contributed by atoms with van der Waals surface area (Å²) in [7, 11) is -1.34. The van der Waals surface area contributed by atoms with Gasteiger partial charge in [-0.3, -0.25) is 0 Å². The molecule has 2 atom stereocenters. The Hall–Kier alpha value is -4.74. The van der Waals surface area contributed by atoms with Crippen LogP contribution in [0, 0.1) is 0 Å². The highest BCUT2D eigenvalue weighted by Crippen LogP contribution is 2.37. The topological polar surface area (TPSA) is 24.1 Å². The van der Waals surface area contributed by atoms with Crippen molar-refractivity contribution in [2.75, 3.05) is 0 Å². The lowest BCUT2D eigenvalue weighted by Gasteiger charge is -2.29. The summed E-state index contributed by atoms with van der Waals surface area (Å²) >= 11 is 0. The number of benzene rings is 6. The fraction of sp³-hybridized carbons (Fsp3) is 0.0476. The maximum Gasteiger partial charge on any atom is 0.0752 e. The predicted octanol–water partition coefficient (Wildman–Crippen LogP) is 8.86. The summed E-state index contributed by atoms with van der Waals surface area (Å²) in [6.07, 6.45) is 4.34.